The molecule has 2 atom stereocenters. The summed E-state index contributed by atoms with van der Waals surface area (Å²) < 4.78 is 13.7. The SMILES string of the molecule is Cc1ccc(N2CC(C(=O)NC(CO)c3ccc(Cl)c(F)c3)CC2=O)cc1. The lowest BCUT2D eigenvalue weighted by atomic mass is 10.0. The first-order chi connectivity index (χ1) is 12.9. The van der Waals surface area contributed by atoms with Crippen LogP contribution in [0.25, 0.3) is 0 Å². The number of rotatable bonds is 5. The van der Waals surface area contributed by atoms with Gasteiger partial charge in [-0.15, -0.1) is 0 Å². The summed E-state index contributed by atoms with van der Waals surface area (Å²) in [5.74, 6) is -1.64. The van der Waals surface area contributed by atoms with Gasteiger partial charge in [-0.2, -0.15) is 0 Å². The number of aliphatic hydroxyl groups is 1. The second kappa shape index (κ2) is 8.06. The first kappa shape index (κ1) is 19.3. The Morgan fingerprint density at radius 3 is 2.67 bits per heavy atom. The van der Waals surface area contributed by atoms with Crippen molar-refractivity contribution in [1.29, 1.82) is 0 Å². The van der Waals surface area contributed by atoms with Gasteiger partial charge in [0.1, 0.15) is 5.82 Å². The molecule has 0 aromatic heterocycles. The van der Waals surface area contributed by atoms with Crippen LogP contribution in [0.1, 0.15) is 23.6 Å². The second-order valence-corrected chi connectivity index (χ2v) is 7.07. The second-order valence-electron chi connectivity index (χ2n) is 6.66. The maximum Gasteiger partial charge on any atom is 0.227 e. The van der Waals surface area contributed by atoms with Crippen molar-refractivity contribution in [2.24, 2.45) is 5.92 Å². The van der Waals surface area contributed by atoms with E-state index in [1.807, 2.05) is 31.2 Å². The maximum absolute atomic E-state index is 13.7. The van der Waals surface area contributed by atoms with E-state index in [4.69, 9.17) is 11.6 Å². The van der Waals surface area contributed by atoms with Gasteiger partial charge >= 0.3 is 0 Å². The molecule has 0 radical (unpaired) electrons. The first-order valence-corrected chi connectivity index (χ1v) is 9.00. The minimum Gasteiger partial charge on any atom is -0.394 e. The molecule has 0 spiro atoms. The Labute approximate surface area is 161 Å². The van der Waals surface area contributed by atoms with Gasteiger partial charge in [-0.1, -0.05) is 35.4 Å². The molecule has 1 heterocycles. The number of hydrogen-bond donors (Lipinski definition) is 2. The number of halogens is 2. The lowest BCUT2D eigenvalue weighted by Gasteiger charge is -2.20. The van der Waals surface area contributed by atoms with Crippen molar-refractivity contribution >= 4 is 29.1 Å². The molecule has 2 unspecified atom stereocenters. The number of aryl methyl sites for hydroxylation is 1. The molecule has 1 aliphatic heterocycles. The smallest absolute Gasteiger partial charge is 0.227 e. The largest absolute Gasteiger partial charge is 0.394 e. The molecule has 3 rings (SSSR count). The van der Waals surface area contributed by atoms with Crippen molar-refractivity contribution in [1.82, 2.24) is 5.32 Å². The normalized spacial score (nSPS) is 17.9. The number of hydrogen-bond acceptors (Lipinski definition) is 3. The van der Waals surface area contributed by atoms with Gasteiger partial charge in [0.15, 0.2) is 0 Å². The highest BCUT2D eigenvalue weighted by atomic mass is 35.5. The number of anilines is 1. The highest BCUT2D eigenvalue weighted by Crippen LogP contribution is 2.26. The number of nitrogens with one attached hydrogen (secondary N) is 1. The van der Waals surface area contributed by atoms with Crippen LogP contribution in [0.3, 0.4) is 0 Å². The van der Waals surface area contributed by atoms with E-state index < -0.39 is 24.4 Å². The van der Waals surface area contributed by atoms with E-state index in [1.54, 1.807) is 11.0 Å². The maximum atomic E-state index is 13.7. The summed E-state index contributed by atoms with van der Waals surface area (Å²) in [5.41, 5.74) is 2.24. The van der Waals surface area contributed by atoms with E-state index in [9.17, 15) is 19.1 Å². The molecular weight excluding hydrogens is 371 g/mol. The third-order valence-electron chi connectivity index (χ3n) is 4.69. The van der Waals surface area contributed by atoms with Crippen molar-refractivity contribution in [3.63, 3.8) is 0 Å². The molecule has 0 aliphatic carbocycles. The molecule has 2 N–H and O–H groups in total. The molecule has 5 nitrogen and oxygen atoms in total. The molecule has 142 valence electrons. The monoisotopic (exact) mass is 390 g/mol. The molecule has 1 fully saturated rings. The van der Waals surface area contributed by atoms with Crippen LogP contribution in [0.5, 0.6) is 0 Å². The van der Waals surface area contributed by atoms with Crippen molar-refractivity contribution in [3.05, 3.63) is 64.4 Å². The Hall–Kier alpha value is -2.44. The number of carbonyl (C=O) groups excluding carboxylic acids is 2. The van der Waals surface area contributed by atoms with E-state index in [1.165, 1.54) is 12.1 Å². The van der Waals surface area contributed by atoms with Crippen molar-refractivity contribution in [3.8, 4) is 0 Å². The van der Waals surface area contributed by atoms with E-state index in [-0.39, 0.29) is 29.8 Å². The van der Waals surface area contributed by atoms with Gasteiger partial charge in [-0.05, 0) is 36.8 Å². The average molecular weight is 391 g/mol. The van der Waals surface area contributed by atoms with E-state index in [0.29, 0.717) is 5.56 Å². The first-order valence-electron chi connectivity index (χ1n) is 8.62. The van der Waals surface area contributed by atoms with Gasteiger partial charge in [-0.25, -0.2) is 4.39 Å². The molecular formula is C20H20ClFN2O3. The third kappa shape index (κ3) is 4.28. The number of benzene rings is 2. The highest BCUT2D eigenvalue weighted by molar-refractivity contribution is 6.30. The Morgan fingerprint density at radius 1 is 1.33 bits per heavy atom. The predicted molar refractivity (Wildman–Crippen MR) is 101 cm³/mol. The number of amides is 2. The zero-order valence-corrected chi connectivity index (χ0v) is 15.5. The summed E-state index contributed by atoms with van der Waals surface area (Å²) >= 11 is 5.67. The fourth-order valence-electron chi connectivity index (χ4n) is 3.11. The zero-order valence-electron chi connectivity index (χ0n) is 14.8. The standard InChI is InChI=1S/C20H20ClFN2O3/c1-12-2-5-15(6-3-12)24-10-14(9-19(24)26)20(27)23-18(11-25)13-4-7-16(21)17(22)8-13/h2-8,14,18,25H,9-11H2,1H3,(H,23,27). The Kier molecular flexibility index (Phi) is 5.77. The van der Waals surface area contributed by atoms with Gasteiger partial charge in [0, 0.05) is 18.7 Å². The summed E-state index contributed by atoms with van der Waals surface area (Å²) in [7, 11) is 0. The Bertz CT molecular complexity index is 857. The van der Waals surface area contributed by atoms with Crippen LogP contribution < -0.4 is 10.2 Å². The fraction of sp³-hybridized carbons (Fsp3) is 0.300. The van der Waals surface area contributed by atoms with E-state index >= 15 is 0 Å². The Balaban J connectivity index is 1.69. The lowest BCUT2D eigenvalue weighted by Crippen LogP contribution is -2.37. The van der Waals surface area contributed by atoms with Crippen LogP contribution in [0, 0.1) is 18.7 Å². The Morgan fingerprint density at radius 2 is 2.04 bits per heavy atom. The van der Waals surface area contributed by atoms with Crippen molar-refractivity contribution in [2.75, 3.05) is 18.1 Å². The number of nitrogens with zero attached hydrogens (tertiary/aromatic N) is 1. The quantitative estimate of drug-likeness (QED) is 0.824. The van der Waals surface area contributed by atoms with Gasteiger partial charge in [-0.3, -0.25) is 9.59 Å². The molecule has 2 aromatic carbocycles. The summed E-state index contributed by atoms with van der Waals surface area (Å²) in [6.07, 6.45) is 0.0901. The molecule has 27 heavy (non-hydrogen) atoms. The fourth-order valence-corrected chi connectivity index (χ4v) is 3.23. The van der Waals surface area contributed by atoms with E-state index in [2.05, 4.69) is 5.32 Å². The van der Waals surface area contributed by atoms with Gasteiger partial charge in [0.2, 0.25) is 11.8 Å². The van der Waals surface area contributed by atoms with Crippen LogP contribution in [0.4, 0.5) is 10.1 Å². The molecule has 2 aromatic rings. The van der Waals surface area contributed by atoms with Crippen LogP contribution in [-0.4, -0.2) is 30.1 Å². The molecule has 1 aliphatic rings. The van der Waals surface area contributed by atoms with Gasteiger partial charge in [0.05, 0.1) is 23.6 Å². The molecule has 0 bridgehead atoms. The molecule has 2 amide bonds. The van der Waals surface area contributed by atoms with Gasteiger partial charge < -0.3 is 15.3 Å². The summed E-state index contributed by atoms with van der Waals surface area (Å²) in [6, 6.07) is 10.8. The van der Waals surface area contributed by atoms with Crippen LogP contribution in [-0.2, 0) is 9.59 Å². The average Bonchev–Trinajstić information content (AvgIpc) is 3.04. The van der Waals surface area contributed by atoms with Crippen LogP contribution in [0.2, 0.25) is 5.02 Å². The third-order valence-corrected chi connectivity index (χ3v) is 4.99. The highest BCUT2D eigenvalue weighted by Gasteiger charge is 2.35. The summed E-state index contributed by atoms with van der Waals surface area (Å²) in [4.78, 5) is 26.5. The van der Waals surface area contributed by atoms with Crippen molar-refractivity contribution < 1.29 is 19.1 Å². The molecule has 0 saturated carbocycles. The van der Waals surface area contributed by atoms with Crippen LogP contribution >= 0.6 is 11.6 Å². The number of carbonyl (C=O) groups is 2. The topological polar surface area (TPSA) is 69.6 Å². The minimum absolute atomic E-state index is 0.0307. The minimum atomic E-state index is -0.771. The van der Waals surface area contributed by atoms with Crippen LogP contribution in [0.15, 0.2) is 42.5 Å². The number of aliphatic hydroxyl groups excluding tert-OH is 1. The lowest BCUT2D eigenvalue weighted by molar-refractivity contribution is -0.127. The van der Waals surface area contributed by atoms with Crippen molar-refractivity contribution in [2.45, 2.75) is 19.4 Å². The molecule has 7 heteroatoms. The zero-order chi connectivity index (χ0) is 19.6. The van der Waals surface area contributed by atoms with Gasteiger partial charge in [0.25, 0.3) is 0 Å². The van der Waals surface area contributed by atoms with E-state index in [0.717, 1.165) is 11.3 Å². The summed E-state index contributed by atoms with van der Waals surface area (Å²) in [5, 5.41) is 12.3. The molecule has 1 saturated heterocycles. The summed E-state index contributed by atoms with van der Waals surface area (Å²) in [6.45, 7) is 1.83. The predicted octanol–water partition coefficient (Wildman–Crippen LogP) is 2.99.